The monoisotopic (exact) mass is 368 g/mol. The maximum atomic E-state index is 12.3. The van der Waals surface area contributed by atoms with Gasteiger partial charge in [-0.2, -0.15) is 0 Å². The number of nitrogens with one attached hydrogen (secondary N) is 2. The SMILES string of the molecule is Cc1ccc(S[C@H](C)C(=O)NCc2cccc(NC(=O)C3CC3)c2)cc1. The minimum absolute atomic E-state index is 0.00277. The van der Waals surface area contributed by atoms with Crippen molar-refractivity contribution < 1.29 is 9.59 Å². The van der Waals surface area contributed by atoms with E-state index in [1.807, 2.05) is 62.4 Å². The Morgan fingerprint density at radius 2 is 1.88 bits per heavy atom. The zero-order chi connectivity index (χ0) is 18.5. The molecule has 0 unspecified atom stereocenters. The van der Waals surface area contributed by atoms with Crippen LogP contribution in [0.4, 0.5) is 5.69 Å². The number of hydrogen-bond donors (Lipinski definition) is 2. The molecule has 2 aromatic carbocycles. The number of hydrogen-bond acceptors (Lipinski definition) is 3. The molecule has 1 saturated carbocycles. The molecule has 136 valence electrons. The summed E-state index contributed by atoms with van der Waals surface area (Å²) in [4.78, 5) is 25.3. The zero-order valence-electron chi connectivity index (χ0n) is 15.1. The zero-order valence-corrected chi connectivity index (χ0v) is 15.9. The third-order valence-corrected chi connectivity index (χ3v) is 5.42. The smallest absolute Gasteiger partial charge is 0.233 e. The Labute approximate surface area is 158 Å². The molecule has 4 nitrogen and oxygen atoms in total. The first kappa shape index (κ1) is 18.5. The fourth-order valence-corrected chi connectivity index (χ4v) is 3.45. The van der Waals surface area contributed by atoms with Crippen molar-refractivity contribution >= 4 is 29.3 Å². The van der Waals surface area contributed by atoms with Gasteiger partial charge in [0.25, 0.3) is 0 Å². The normalized spacial score (nSPS) is 14.5. The van der Waals surface area contributed by atoms with Crippen molar-refractivity contribution in [2.75, 3.05) is 5.32 Å². The molecule has 2 amide bonds. The van der Waals surface area contributed by atoms with Crippen LogP contribution in [-0.4, -0.2) is 17.1 Å². The summed E-state index contributed by atoms with van der Waals surface area (Å²) in [5, 5.41) is 5.74. The highest BCUT2D eigenvalue weighted by molar-refractivity contribution is 8.00. The van der Waals surface area contributed by atoms with Crippen molar-refractivity contribution in [1.29, 1.82) is 0 Å². The molecule has 1 fully saturated rings. The second-order valence-electron chi connectivity index (χ2n) is 6.75. The van der Waals surface area contributed by atoms with E-state index in [2.05, 4.69) is 10.6 Å². The molecule has 0 aliphatic heterocycles. The van der Waals surface area contributed by atoms with Gasteiger partial charge >= 0.3 is 0 Å². The standard InChI is InChI=1S/C21H24N2O2S/c1-14-6-10-19(11-7-14)26-15(2)20(24)22-13-16-4-3-5-18(12-16)23-21(25)17-8-9-17/h3-7,10-12,15,17H,8-9,13H2,1-2H3,(H,22,24)(H,23,25)/t15-/m1/s1. The second kappa shape index (κ2) is 8.41. The number of carbonyl (C=O) groups is 2. The third-order valence-electron chi connectivity index (χ3n) is 4.31. The third kappa shape index (κ3) is 5.36. The van der Waals surface area contributed by atoms with Crippen molar-refractivity contribution in [2.45, 2.75) is 43.4 Å². The number of thioether (sulfide) groups is 1. The van der Waals surface area contributed by atoms with Crippen LogP contribution in [-0.2, 0) is 16.1 Å². The molecule has 3 rings (SSSR count). The van der Waals surface area contributed by atoms with Gasteiger partial charge in [-0.05, 0) is 56.5 Å². The topological polar surface area (TPSA) is 58.2 Å². The maximum Gasteiger partial charge on any atom is 0.233 e. The molecule has 1 aliphatic carbocycles. The van der Waals surface area contributed by atoms with E-state index in [4.69, 9.17) is 0 Å². The van der Waals surface area contributed by atoms with Gasteiger partial charge in [-0.1, -0.05) is 29.8 Å². The number of benzene rings is 2. The Balaban J connectivity index is 1.50. The van der Waals surface area contributed by atoms with Gasteiger partial charge in [-0.3, -0.25) is 9.59 Å². The fourth-order valence-electron chi connectivity index (χ4n) is 2.56. The van der Waals surface area contributed by atoms with Crippen LogP contribution >= 0.6 is 11.8 Å². The van der Waals surface area contributed by atoms with E-state index in [1.165, 1.54) is 5.56 Å². The second-order valence-corrected chi connectivity index (χ2v) is 8.17. The molecule has 0 radical (unpaired) electrons. The van der Waals surface area contributed by atoms with Crippen LogP contribution in [0.3, 0.4) is 0 Å². The van der Waals surface area contributed by atoms with E-state index < -0.39 is 0 Å². The minimum Gasteiger partial charge on any atom is -0.351 e. The van der Waals surface area contributed by atoms with E-state index in [0.717, 1.165) is 29.0 Å². The Morgan fingerprint density at radius 3 is 2.58 bits per heavy atom. The Kier molecular flexibility index (Phi) is 5.99. The van der Waals surface area contributed by atoms with Crippen LogP contribution in [0.15, 0.2) is 53.4 Å². The molecule has 0 heterocycles. The van der Waals surface area contributed by atoms with Gasteiger partial charge in [0, 0.05) is 23.0 Å². The highest BCUT2D eigenvalue weighted by Gasteiger charge is 2.29. The number of carbonyl (C=O) groups excluding carboxylic acids is 2. The average molecular weight is 369 g/mol. The number of amides is 2. The summed E-state index contributed by atoms with van der Waals surface area (Å²) in [6.07, 6.45) is 1.97. The number of aryl methyl sites for hydroxylation is 1. The lowest BCUT2D eigenvalue weighted by atomic mass is 10.2. The van der Waals surface area contributed by atoms with Crippen molar-refractivity contribution in [3.63, 3.8) is 0 Å². The first-order valence-corrected chi connectivity index (χ1v) is 9.80. The lowest BCUT2D eigenvalue weighted by molar-refractivity contribution is -0.120. The van der Waals surface area contributed by atoms with Gasteiger partial charge in [0.15, 0.2) is 0 Å². The van der Waals surface area contributed by atoms with Crippen LogP contribution in [0, 0.1) is 12.8 Å². The van der Waals surface area contributed by atoms with Crippen LogP contribution in [0.1, 0.15) is 30.9 Å². The van der Waals surface area contributed by atoms with E-state index in [-0.39, 0.29) is 23.0 Å². The van der Waals surface area contributed by atoms with Gasteiger partial charge in [0.1, 0.15) is 0 Å². The summed E-state index contributed by atoms with van der Waals surface area (Å²) in [5.41, 5.74) is 2.97. The van der Waals surface area contributed by atoms with E-state index in [1.54, 1.807) is 11.8 Å². The van der Waals surface area contributed by atoms with Crippen LogP contribution in [0.25, 0.3) is 0 Å². The number of rotatable bonds is 7. The molecule has 0 spiro atoms. The fraction of sp³-hybridized carbons (Fsp3) is 0.333. The Bertz CT molecular complexity index is 785. The Hall–Kier alpha value is -2.27. The quantitative estimate of drug-likeness (QED) is 0.722. The summed E-state index contributed by atoms with van der Waals surface area (Å²) in [7, 11) is 0. The molecule has 2 aromatic rings. The van der Waals surface area contributed by atoms with Crippen LogP contribution in [0.2, 0.25) is 0 Å². The summed E-state index contributed by atoms with van der Waals surface area (Å²) >= 11 is 1.55. The van der Waals surface area contributed by atoms with Gasteiger partial charge in [-0.15, -0.1) is 11.8 Å². The summed E-state index contributed by atoms with van der Waals surface area (Å²) in [5.74, 6) is 0.273. The highest BCUT2D eigenvalue weighted by atomic mass is 32.2. The average Bonchev–Trinajstić information content (AvgIpc) is 3.47. The van der Waals surface area contributed by atoms with E-state index >= 15 is 0 Å². The number of anilines is 1. The van der Waals surface area contributed by atoms with Crippen molar-refractivity contribution in [1.82, 2.24) is 5.32 Å². The van der Waals surface area contributed by atoms with Gasteiger partial charge in [0.2, 0.25) is 11.8 Å². The highest BCUT2D eigenvalue weighted by Crippen LogP contribution is 2.30. The van der Waals surface area contributed by atoms with E-state index in [9.17, 15) is 9.59 Å². The summed E-state index contributed by atoms with van der Waals surface area (Å²) in [6, 6.07) is 15.8. The van der Waals surface area contributed by atoms with Crippen LogP contribution < -0.4 is 10.6 Å². The largest absolute Gasteiger partial charge is 0.351 e. The predicted molar refractivity (Wildman–Crippen MR) is 106 cm³/mol. The molecular weight excluding hydrogens is 344 g/mol. The first-order valence-electron chi connectivity index (χ1n) is 8.92. The molecule has 1 atom stereocenters. The predicted octanol–water partition coefficient (Wildman–Crippen LogP) is 4.14. The van der Waals surface area contributed by atoms with Gasteiger partial charge < -0.3 is 10.6 Å². The molecular formula is C21H24N2O2S. The van der Waals surface area contributed by atoms with Crippen molar-refractivity contribution in [3.05, 3.63) is 59.7 Å². The molecule has 0 saturated heterocycles. The van der Waals surface area contributed by atoms with Crippen molar-refractivity contribution in [2.24, 2.45) is 5.92 Å². The first-order chi connectivity index (χ1) is 12.5. The molecule has 2 N–H and O–H groups in total. The lowest BCUT2D eigenvalue weighted by Crippen LogP contribution is -2.30. The van der Waals surface area contributed by atoms with Crippen molar-refractivity contribution in [3.8, 4) is 0 Å². The lowest BCUT2D eigenvalue weighted by Gasteiger charge is -2.13. The maximum absolute atomic E-state index is 12.3. The van der Waals surface area contributed by atoms with Gasteiger partial charge in [-0.25, -0.2) is 0 Å². The van der Waals surface area contributed by atoms with Crippen LogP contribution in [0.5, 0.6) is 0 Å². The minimum atomic E-state index is -0.171. The van der Waals surface area contributed by atoms with E-state index in [0.29, 0.717) is 6.54 Å². The summed E-state index contributed by atoms with van der Waals surface area (Å²) in [6.45, 7) is 4.41. The molecule has 0 bridgehead atoms. The van der Waals surface area contributed by atoms with Gasteiger partial charge in [0.05, 0.1) is 5.25 Å². The molecule has 1 aliphatic rings. The Morgan fingerprint density at radius 1 is 1.15 bits per heavy atom. The summed E-state index contributed by atoms with van der Waals surface area (Å²) < 4.78 is 0. The molecule has 0 aromatic heterocycles. The molecule has 26 heavy (non-hydrogen) atoms. The molecule has 5 heteroatoms.